The number of likely N-dealkylation sites (N-methyl/N-ethyl adjacent to an activating group) is 1. The van der Waals surface area contributed by atoms with Crippen molar-refractivity contribution in [2.75, 3.05) is 26.7 Å². The van der Waals surface area contributed by atoms with Crippen LogP contribution in [0.1, 0.15) is 26.7 Å². The van der Waals surface area contributed by atoms with Crippen LogP contribution < -0.4 is 0 Å². The molecule has 0 spiro atoms. The van der Waals surface area contributed by atoms with Crippen LogP contribution in [-0.4, -0.2) is 48.4 Å². The van der Waals surface area contributed by atoms with E-state index >= 15 is 0 Å². The summed E-state index contributed by atoms with van der Waals surface area (Å²) in [5.41, 5.74) is 0. The van der Waals surface area contributed by atoms with Crippen molar-refractivity contribution in [1.29, 1.82) is 0 Å². The van der Waals surface area contributed by atoms with E-state index in [2.05, 4.69) is 18.9 Å². The second-order valence-corrected chi connectivity index (χ2v) is 4.21. The summed E-state index contributed by atoms with van der Waals surface area (Å²) in [5, 5.41) is 0. The summed E-state index contributed by atoms with van der Waals surface area (Å²) in [6, 6.07) is 0.376. The molecular weight excluding hydrogens is 188 g/mol. The first-order valence-corrected chi connectivity index (χ1v) is 5.80. The number of allylic oxidation sites excluding steroid dienone is 1. The molecule has 1 fully saturated rings. The monoisotopic (exact) mass is 210 g/mol. The minimum absolute atomic E-state index is 0.166. The van der Waals surface area contributed by atoms with Gasteiger partial charge in [-0.05, 0) is 39.4 Å². The van der Waals surface area contributed by atoms with Crippen LogP contribution in [0.25, 0.3) is 0 Å². The van der Waals surface area contributed by atoms with E-state index in [0.717, 1.165) is 32.5 Å². The first-order chi connectivity index (χ1) is 7.19. The fraction of sp³-hybridized carbons (Fsp3) is 0.750. The molecule has 0 bridgehead atoms. The van der Waals surface area contributed by atoms with E-state index < -0.39 is 0 Å². The standard InChI is InChI=1S/C12H22N2O/c1-4-7-12(15)14-9-6-8-13(3)10-11(14)5-2/h4,7,11H,5-6,8-10H2,1-3H3/b7-4+. The minimum Gasteiger partial charge on any atom is -0.335 e. The smallest absolute Gasteiger partial charge is 0.246 e. The normalized spacial score (nSPS) is 24.5. The molecule has 1 heterocycles. The van der Waals surface area contributed by atoms with Gasteiger partial charge in [-0.1, -0.05) is 13.0 Å². The van der Waals surface area contributed by atoms with Crippen LogP contribution in [0, 0.1) is 0 Å². The molecule has 0 saturated carbocycles. The van der Waals surface area contributed by atoms with Crippen molar-refractivity contribution < 1.29 is 4.79 Å². The first-order valence-electron chi connectivity index (χ1n) is 5.80. The molecule has 0 aliphatic carbocycles. The summed E-state index contributed by atoms with van der Waals surface area (Å²) in [4.78, 5) is 16.2. The molecule has 15 heavy (non-hydrogen) atoms. The maximum absolute atomic E-state index is 11.8. The molecule has 0 aromatic rings. The fourth-order valence-corrected chi connectivity index (χ4v) is 2.12. The summed E-state index contributed by atoms with van der Waals surface area (Å²) in [7, 11) is 2.13. The van der Waals surface area contributed by atoms with Crippen LogP contribution >= 0.6 is 0 Å². The van der Waals surface area contributed by atoms with Crippen LogP contribution in [0.5, 0.6) is 0 Å². The summed E-state index contributed by atoms with van der Waals surface area (Å²) >= 11 is 0. The number of hydrogen-bond donors (Lipinski definition) is 0. The SMILES string of the molecule is C/C=C/C(=O)N1CCCN(C)CC1CC. The van der Waals surface area contributed by atoms with Crippen LogP contribution in [0.4, 0.5) is 0 Å². The van der Waals surface area contributed by atoms with Crippen molar-refractivity contribution in [3.05, 3.63) is 12.2 Å². The maximum atomic E-state index is 11.8. The molecule has 1 atom stereocenters. The van der Waals surface area contributed by atoms with Gasteiger partial charge in [0.05, 0.1) is 0 Å². The van der Waals surface area contributed by atoms with Crippen molar-refractivity contribution >= 4 is 5.91 Å². The van der Waals surface area contributed by atoms with Gasteiger partial charge in [-0.2, -0.15) is 0 Å². The maximum Gasteiger partial charge on any atom is 0.246 e. The molecule has 86 valence electrons. The number of carbonyl (C=O) groups is 1. The number of carbonyl (C=O) groups excluding carboxylic acids is 1. The Morgan fingerprint density at radius 1 is 1.47 bits per heavy atom. The van der Waals surface area contributed by atoms with Crippen LogP contribution in [-0.2, 0) is 4.79 Å². The Balaban J connectivity index is 2.70. The fourth-order valence-electron chi connectivity index (χ4n) is 2.12. The molecule has 1 saturated heterocycles. The zero-order valence-electron chi connectivity index (χ0n) is 10.1. The van der Waals surface area contributed by atoms with Gasteiger partial charge in [0.1, 0.15) is 0 Å². The van der Waals surface area contributed by atoms with E-state index in [0.29, 0.717) is 6.04 Å². The summed E-state index contributed by atoms with van der Waals surface area (Å²) in [6.45, 7) is 7.03. The Morgan fingerprint density at radius 2 is 2.20 bits per heavy atom. The lowest BCUT2D eigenvalue weighted by Crippen LogP contribution is -2.42. The minimum atomic E-state index is 0.166. The molecule has 1 rings (SSSR count). The lowest BCUT2D eigenvalue weighted by molar-refractivity contribution is -0.128. The predicted octanol–water partition coefficient (Wildman–Crippen LogP) is 1.51. The van der Waals surface area contributed by atoms with Gasteiger partial charge in [-0.3, -0.25) is 4.79 Å². The highest BCUT2D eigenvalue weighted by Gasteiger charge is 2.24. The first kappa shape index (κ1) is 12.2. The van der Waals surface area contributed by atoms with Gasteiger partial charge in [-0.15, -0.1) is 0 Å². The highest BCUT2D eigenvalue weighted by molar-refractivity contribution is 5.87. The number of amides is 1. The lowest BCUT2D eigenvalue weighted by atomic mass is 10.2. The van der Waals surface area contributed by atoms with Crippen LogP contribution in [0.2, 0.25) is 0 Å². The predicted molar refractivity (Wildman–Crippen MR) is 62.7 cm³/mol. The van der Waals surface area contributed by atoms with Gasteiger partial charge >= 0.3 is 0 Å². The Bertz CT molecular complexity index is 238. The summed E-state index contributed by atoms with van der Waals surface area (Å²) in [6.07, 6.45) is 5.61. The molecular formula is C12H22N2O. The van der Waals surface area contributed by atoms with Gasteiger partial charge in [0.25, 0.3) is 0 Å². The highest BCUT2D eigenvalue weighted by atomic mass is 16.2. The van der Waals surface area contributed by atoms with Crippen molar-refractivity contribution in [2.24, 2.45) is 0 Å². The second-order valence-electron chi connectivity index (χ2n) is 4.21. The summed E-state index contributed by atoms with van der Waals surface area (Å²) in [5.74, 6) is 0.166. The molecule has 0 N–H and O–H groups in total. The Morgan fingerprint density at radius 3 is 2.80 bits per heavy atom. The van der Waals surface area contributed by atoms with Crippen molar-refractivity contribution in [3.8, 4) is 0 Å². The highest BCUT2D eigenvalue weighted by Crippen LogP contribution is 2.12. The largest absolute Gasteiger partial charge is 0.335 e. The molecule has 1 unspecified atom stereocenters. The number of hydrogen-bond acceptors (Lipinski definition) is 2. The second kappa shape index (κ2) is 5.91. The third-order valence-corrected chi connectivity index (χ3v) is 2.97. The van der Waals surface area contributed by atoms with E-state index in [1.54, 1.807) is 6.08 Å². The van der Waals surface area contributed by atoms with Crippen molar-refractivity contribution in [1.82, 2.24) is 9.80 Å². The third-order valence-electron chi connectivity index (χ3n) is 2.97. The van der Waals surface area contributed by atoms with E-state index in [1.165, 1.54) is 0 Å². The van der Waals surface area contributed by atoms with E-state index in [4.69, 9.17) is 0 Å². The molecule has 1 amide bonds. The molecule has 0 radical (unpaired) electrons. The van der Waals surface area contributed by atoms with Gasteiger partial charge in [0.15, 0.2) is 0 Å². The number of rotatable bonds is 2. The zero-order valence-corrected chi connectivity index (χ0v) is 10.1. The Labute approximate surface area is 92.7 Å². The van der Waals surface area contributed by atoms with Crippen LogP contribution in [0.3, 0.4) is 0 Å². The molecule has 3 heteroatoms. The van der Waals surface area contributed by atoms with E-state index in [-0.39, 0.29) is 5.91 Å². The zero-order chi connectivity index (χ0) is 11.3. The molecule has 1 aliphatic heterocycles. The van der Waals surface area contributed by atoms with Crippen molar-refractivity contribution in [2.45, 2.75) is 32.7 Å². The average molecular weight is 210 g/mol. The third kappa shape index (κ3) is 3.34. The summed E-state index contributed by atoms with van der Waals surface area (Å²) < 4.78 is 0. The van der Waals surface area contributed by atoms with Gasteiger partial charge in [0.2, 0.25) is 5.91 Å². The van der Waals surface area contributed by atoms with Gasteiger partial charge in [-0.25, -0.2) is 0 Å². The quantitative estimate of drug-likeness (QED) is 0.645. The molecule has 1 aliphatic rings. The van der Waals surface area contributed by atoms with Crippen LogP contribution in [0.15, 0.2) is 12.2 Å². The molecule has 0 aromatic carbocycles. The van der Waals surface area contributed by atoms with E-state index in [9.17, 15) is 4.79 Å². The topological polar surface area (TPSA) is 23.6 Å². The Hall–Kier alpha value is -0.830. The number of nitrogens with zero attached hydrogens (tertiary/aromatic N) is 2. The molecule has 0 aromatic heterocycles. The lowest BCUT2D eigenvalue weighted by Gasteiger charge is -2.29. The Kier molecular flexibility index (Phi) is 4.82. The van der Waals surface area contributed by atoms with E-state index in [1.807, 2.05) is 17.9 Å². The molecule has 3 nitrogen and oxygen atoms in total. The van der Waals surface area contributed by atoms with Gasteiger partial charge in [0, 0.05) is 19.1 Å². The average Bonchev–Trinajstić information content (AvgIpc) is 2.39. The van der Waals surface area contributed by atoms with Crippen molar-refractivity contribution in [3.63, 3.8) is 0 Å². The van der Waals surface area contributed by atoms with Gasteiger partial charge < -0.3 is 9.80 Å².